The zero-order chi connectivity index (χ0) is 70.7. The van der Waals surface area contributed by atoms with Crippen LogP contribution in [0.3, 0.4) is 0 Å². The van der Waals surface area contributed by atoms with Crippen molar-refractivity contribution in [2.45, 2.75) is 419 Å². The van der Waals surface area contributed by atoms with Gasteiger partial charge in [-0.3, -0.25) is 37.3 Å². The van der Waals surface area contributed by atoms with E-state index < -0.39 is 97.5 Å². The highest BCUT2D eigenvalue weighted by Crippen LogP contribution is 2.45. The third-order valence-electron chi connectivity index (χ3n) is 18.3. The van der Waals surface area contributed by atoms with Gasteiger partial charge < -0.3 is 33.8 Å². The Morgan fingerprint density at radius 1 is 0.302 bits per heavy atom. The molecule has 0 radical (unpaired) electrons. The minimum Gasteiger partial charge on any atom is -0.462 e. The van der Waals surface area contributed by atoms with E-state index in [1.54, 1.807) is 0 Å². The molecule has 0 bridgehead atoms. The second-order valence-electron chi connectivity index (χ2n) is 28.5. The number of phosphoric ester groups is 2. The molecule has 19 heteroatoms. The van der Waals surface area contributed by atoms with Crippen LogP contribution in [0.15, 0.2) is 0 Å². The summed E-state index contributed by atoms with van der Waals surface area (Å²) >= 11 is 0. The van der Waals surface area contributed by atoms with Crippen LogP contribution in [0.4, 0.5) is 0 Å². The quantitative estimate of drug-likeness (QED) is 0.0222. The molecule has 0 saturated carbocycles. The Morgan fingerprint density at radius 3 is 0.792 bits per heavy atom. The van der Waals surface area contributed by atoms with Crippen LogP contribution in [0.25, 0.3) is 0 Å². The van der Waals surface area contributed by atoms with Crippen molar-refractivity contribution < 1.29 is 80.2 Å². The first-order chi connectivity index (χ1) is 46.4. The van der Waals surface area contributed by atoms with Crippen LogP contribution in [0.1, 0.15) is 401 Å². The Balaban J connectivity index is 5.25. The number of hydrogen-bond acceptors (Lipinski definition) is 15. The maximum absolute atomic E-state index is 13.1. The summed E-state index contributed by atoms with van der Waals surface area (Å²) in [6.45, 7) is 9.62. The SMILES string of the molecule is CCCCCCCCCCCCCCCCCCCC(=O)O[C@H](COC(=O)CCCCCCCCCCCCCCCC(C)C)COP(=O)(O)OC[C@@H](O)COP(=O)(O)OC[C@@H](COC(=O)CCCCCCCCCCCCC)OC(=O)CCCCCCCCCCC(C)CC. The van der Waals surface area contributed by atoms with Crippen molar-refractivity contribution in [3.8, 4) is 0 Å². The molecule has 0 aromatic heterocycles. The first kappa shape index (κ1) is 94.1. The topological polar surface area (TPSA) is 237 Å². The lowest BCUT2D eigenvalue weighted by atomic mass is 9.99. The van der Waals surface area contributed by atoms with E-state index in [-0.39, 0.29) is 25.7 Å². The van der Waals surface area contributed by atoms with Crippen LogP contribution < -0.4 is 0 Å². The minimum absolute atomic E-state index is 0.105. The molecule has 3 N–H and O–H groups in total. The van der Waals surface area contributed by atoms with E-state index in [1.165, 1.54) is 218 Å². The van der Waals surface area contributed by atoms with E-state index in [0.717, 1.165) is 102 Å². The van der Waals surface area contributed by atoms with Gasteiger partial charge in [-0.15, -0.1) is 0 Å². The van der Waals surface area contributed by atoms with Gasteiger partial charge >= 0.3 is 39.5 Å². The molecule has 0 aromatic rings. The molecule has 0 heterocycles. The van der Waals surface area contributed by atoms with Gasteiger partial charge in [0.15, 0.2) is 12.2 Å². The fourth-order valence-electron chi connectivity index (χ4n) is 11.8. The average Bonchev–Trinajstić information content (AvgIpc) is 1.18. The molecular weight excluding hydrogens is 1260 g/mol. The lowest BCUT2D eigenvalue weighted by Crippen LogP contribution is -2.30. The van der Waals surface area contributed by atoms with Gasteiger partial charge in [0, 0.05) is 25.7 Å². The number of rotatable bonds is 76. The number of aliphatic hydroxyl groups is 1. The van der Waals surface area contributed by atoms with Crippen LogP contribution in [0.2, 0.25) is 0 Å². The van der Waals surface area contributed by atoms with Crippen molar-refractivity contribution in [1.82, 2.24) is 0 Å². The van der Waals surface area contributed by atoms with E-state index in [9.17, 15) is 43.2 Å². The molecule has 0 aliphatic rings. The smallest absolute Gasteiger partial charge is 0.462 e. The summed E-state index contributed by atoms with van der Waals surface area (Å²) in [5.74, 6) is -0.553. The monoisotopic (exact) mass is 1410 g/mol. The van der Waals surface area contributed by atoms with E-state index in [0.29, 0.717) is 25.7 Å². The van der Waals surface area contributed by atoms with Gasteiger partial charge in [0.05, 0.1) is 26.4 Å². The third kappa shape index (κ3) is 69.2. The summed E-state index contributed by atoms with van der Waals surface area (Å²) < 4.78 is 68.6. The molecule has 0 aromatic carbocycles. The number of hydrogen-bond donors (Lipinski definition) is 3. The molecule has 6 atom stereocenters. The van der Waals surface area contributed by atoms with Crippen molar-refractivity contribution in [1.29, 1.82) is 0 Å². The molecule has 0 aliphatic heterocycles. The van der Waals surface area contributed by atoms with Gasteiger partial charge in [-0.1, -0.05) is 350 Å². The van der Waals surface area contributed by atoms with Crippen LogP contribution in [0, 0.1) is 11.8 Å². The second-order valence-corrected chi connectivity index (χ2v) is 31.4. The van der Waals surface area contributed by atoms with Gasteiger partial charge in [0.1, 0.15) is 19.3 Å². The van der Waals surface area contributed by atoms with Crippen LogP contribution in [0.5, 0.6) is 0 Å². The van der Waals surface area contributed by atoms with E-state index in [4.69, 9.17) is 37.0 Å². The van der Waals surface area contributed by atoms with Crippen molar-refractivity contribution in [2.75, 3.05) is 39.6 Å². The first-order valence-corrected chi connectivity index (χ1v) is 43.0. The summed E-state index contributed by atoms with van der Waals surface area (Å²) in [6, 6.07) is 0. The normalized spacial score (nSPS) is 14.3. The Kier molecular flexibility index (Phi) is 67.4. The number of ether oxygens (including phenoxy) is 4. The van der Waals surface area contributed by atoms with E-state index >= 15 is 0 Å². The van der Waals surface area contributed by atoms with E-state index in [2.05, 4.69) is 41.5 Å². The number of aliphatic hydroxyl groups excluding tert-OH is 1. The second kappa shape index (κ2) is 68.8. The lowest BCUT2D eigenvalue weighted by Gasteiger charge is -2.21. The molecular formula is C77H150O17P2. The maximum atomic E-state index is 13.1. The van der Waals surface area contributed by atoms with Gasteiger partial charge in [-0.25, -0.2) is 9.13 Å². The predicted molar refractivity (Wildman–Crippen MR) is 391 cm³/mol. The minimum atomic E-state index is -4.96. The molecule has 0 spiro atoms. The molecule has 0 amide bonds. The zero-order valence-corrected chi connectivity index (χ0v) is 64.5. The fraction of sp³-hybridized carbons (Fsp3) is 0.948. The maximum Gasteiger partial charge on any atom is 0.472 e. The van der Waals surface area contributed by atoms with Gasteiger partial charge in [0.2, 0.25) is 0 Å². The van der Waals surface area contributed by atoms with Crippen molar-refractivity contribution in [2.24, 2.45) is 11.8 Å². The summed E-state index contributed by atoms with van der Waals surface area (Å²) in [5, 5.41) is 10.6. The van der Waals surface area contributed by atoms with Crippen LogP contribution in [-0.2, 0) is 65.4 Å². The van der Waals surface area contributed by atoms with Crippen molar-refractivity contribution >= 4 is 39.5 Å². The zero-order valence-electron chi connectivity index (χ0n) is 62.7. The highest BCUT2D eigenvalue weighted by atomic mass is 31.2. The third-order valence-corrected chi connectivity index (χ3v) is 20.2. The van der Waals surface area contributed by atoms with E-state index in [1.807, 2.05) is 0 Å². The Labute approximate surface area is 588 Å². The molecule has 17 nitrogen and oxygen atoms in total. The molecule has 570 valence electrons. The highest BCUT2D eigenvalue weighted by molar-refractivity contribution is 7.47. The molecule has 0 fully saturated rings. The van der Waals surface area contributed by atoms with Crippen LogP contribution >= 0.6 is 15.6 Å². The van der Waals surface area contributed by atoms with Gasteiger partial charge in [0.25, 0.3) is 0 Å². The molecule has 96 heavy (non-hydrogen) atoms. The molecule has 0 aliphatic carbocycles. The summed E-state index contributed by atoms with van der Waals surface area (Å²) in [4.78, 5) is 72.9. The average molecular weight is 1410 g/mol. The highest BCUT2D eigenvalue weighted by Gasteiger charge is 2.30. The number of phosphoric acid groups is 2. The summed E-state index contributed by atoms with van der Waals surface area (Å²) in [7, 11) is -9.91. The van der Waals surface area contributed by atoms with Crippen molar-refractivity contribution in [3.05, 3.63) is 0 Å². The molecule has 0 rings (SSSR count). The van der Waals surface area contributed by atoms with Gasteiger partial charge in [-0.05, 0) is 37.5 Å². The van der Waals surface area contributed by atoms with Gasteiger partial charge in [-0.2, -0.15) is 0 Å². The number of carbonyl (C=O) groups is 4. The largest absolute Gasteiger partial charge is 0.472 e. The predicted octanol–water partition coefficient (Wildman–Crippen LogP) is 22.7. The summed E-state index contributed by atoms with van der Waals surface area (Å²) in [5.41, 5.74) is 0. The fourth-order valence-corrected chi connectivity index (χ4v) is 13.4. The summed E-state index contributed by atoms with van der Waals surface area (Å²) in [6.07, 6.45) is 56.7. The Morgan fingerprint density at radius 2 is 0.531 bits per heavy atom. The number of unbranched alkanes of at least 4 members (excludes halogenated alkanes) is 45. The number of esters is 4. The molecule has 3 unspecified atom stereocenters. The van der Waals surface area contributed by atoms with Crippen molar-refractivity contribution in [3.63, 3.8) is 0 Å². The van der Waals surface area contributed by atoms with Crippen LogP contribution in [-0.4, -0.2) is 96.7 Å². The number of carbonyl (C=O) groups excluding carboxylic acids is 4. The Bertz CT molecular complexity index is 1860. The standard InChI is InChI=1S/C77H150O17P2/c1-7-10-12-14-16-18-20-21-22-23-24-27-32-36-43-49-55-61-76(81)93-72(65-88-75(80)60-54-48-42-35-31-28-25-26-30-33-39-45-51-57-69(4)5)67-91-95(83,84)89-63-71(78)64-90-96(85,86)92-68-73(66-87-74(79)59-53-47-41-34-29-19-17-15-13-11-8-2)94-77(82)62-56-50-44-38-37-40-46-52-58-70(6)9-3/h69-73,78H,7-68H2,1-6H3,(H,83,84)(H,85,86)/t70?,71-,72-,73-/m1/s1. The lowest BCUT2D eigenvalue weighted by molar-refractivity contribution is -0.161. The molecule has 0 saturated heterocycles. The Hall–Kier alpha value is -1.94. The first-order valence-electron chi connectivity index (χ1n) is 40.0.